The Bertz CT molecular complexity index is 851. The topological polar surface area (TPSA) is 40.8 Å². The zero-order chi connectivity index (χ0) is 16.0. The number of hydrogen-bond donors (Lipinski definition) is 1. The van der Waals surface area contributed by atoms with E-state index in [1.54, 1.807) is 0 Å². The minimum absolute atomic E-state index is 0.190. The molecule has 4 nitrogen and oxygen atoms in total. The lowest BCUT2D eigenvalue weighted by Crippen LogP contribution is -2.20. The van der Waals surface area contributed by atoms with Gasteiger partial charge in [-0.05, 0) is 55.7 Å². The minimum atomic E-state index is -0.190. The smallest absolute Gasteiger partial charge is 0.137 e. The van der Waals surface area contributed by atoms with Gasteiger partial charge in [-0.15, -0.1) is 0 Å². The number of anilines is 1. The zero-order valence-electron chi connectivity index (χ0n) is 13.5. The molecule has 0 saturated carbocycles. The fraction of sp³-hybridized carbons (Fsp3) is 0.316. The largest absolute Gasteiger partial charge is 0.391 e. The van der Waals surface area contributed by atoms with Crippen molar-refractivity contribution < 1.29 is 5.11 Å². The van der Waals surface area contributed by atoms with Crippen LogP contribution < -0.4 is 4.90 Å². The number of β-amino-alcohol motifs (C(OH)–C–C–N with tert-alkyl or cyclic N) is 1. The van der Waals surface area contributed by atoms with Gasteiger partial charge < -0.3 is 14.4 Å². The Hall–Kier alpha value is -2.33. The molecule has 1 atom stereocenters. The van der Waals surface area contributed by atoms with E-state index in [0.29, 0.717) is 0 Å². The molecule has 3 heterocycles. The third-order valence-electron chi connectivity index (χ3n) is 4.82. The summed E-state index contributed by atoms with van der Waals surface area (Å²) in [6, 6.07) is 12.8. The van der Waals surface area contributed by atoms with E-state index in [0.717, 1.165) is 30.9 Å². The molecule has 4 heteroatoms. The van der Waals surface area contributed by atoms with Gasteiger partial charge in [-0.2, -0.15) is 0 Å². The molecule has 0 spiro atoms. The Kier molecular flexibility index (Phi) is 3.34. The molecule has 4 rings (SSSR count). The number of imidazole rings is 1. The third-order valence-corrected chi connectivity index (χ3v) is 4.82. The summed E-state index contributed by atoms with van der Waals surface area (Å²) in [5.41, 5.74) is 6.81. The van der Waals surface area contributed by atoms with E-state index >= 15 is 0 Å². The summed E-state index contributed by atoms with van der Waals surface area (Å²) in [6.07, 6.45) is 2.82. The molecule has 118 valence electrons. The highest BCUT2D eigenvalue weighted by atomic mass is 16.3. The molecule has 1 fully saturated rings. The lowest BCUT2D eigenvalue weighted by molar-refractivity contribution is 0.198. The maximum Gasteiger partial charge on any atom is 0.137 e. The first-order valence-electron chi connectivity index (χ1n) is 8.10. The highest BCUT2D eigenvalue weighted by Crippen LogP contribution is 2.26. The standard InChI is InChI=1S/C19H21N3O/c1-13-14(2)22-11-16(5-8-19(22)20-13)15-3-6-17(7-4-15)21-10-9-18(23)12-21/h3-8,11,18,23H,9-10,12H2,1-2H3. The molecule has 1 N–H and O–H groups in total. The van der Waals surface area contributed by atoms with Crippen LogP contribution in [0.25, 0.3) is 16.8 Å². The zero-order valence-corrected chi connectivity index (χ0v) is 13.5. The fourth-order valence-electron chi connectivity index (χ4n) is 3.29. The van der Waals surface area contributed by atoms with Gasteiger partial charge in [0.05, 0.1) is 11.8 Å². The molecular formula is C19H21N3O. The number of aliphatic hydroxyl groups excluding tert-OH is 1. The number of pyridine rings is 1. The first kappa shape index (κ1) is 14.3. The molecule has 0 bridgehead atoms. The second-order valence-corrected chi connectivity index (χ2v) is 6.36. The van der Waals surface area contributed by atoms with E-state index in [4.69, 9.17) is 0 Å². The number of benzene rings is 1. The van der Waals surface area contributed by atoms with Gasteiger partial charge in [-0.25, -0.2) is 4.98 Å². The number of hydrogen-bond acceptors (Lipinski definition) is 3. The maximum absolute atomic E-state index is 9.67. The van der Waals surface area contributed by atoms with Crippen molar-refractivity contribution in [1.82, 2.24) is 9.38 Å². The highest BCUT2D eigenvalue weighted by molar-refractivity contribution is 5.67. The van der Waals surface area contributed by atoms with Gasteiger partial charge in [0.1, 0.15) is 5.65 Å². The number of nitrogens with zero attached hydrogens (tertiary/aromatic N) is 3. The molecule has 0 radical (unpaired) electrons. The van der Waals surface area contributed by atoms with Crippen LogP contribution in [0.1, 0.15) is 17.8 Å². The van der Waals surface area contributed by atoms with Crippen molar-refractivity contribution in [2.24, 2.45) is 0 Å². The monoisotopic (exact) mass is 307 g/mol. The van der Waals surface area contributed by atoms with Crippen LogP contribution in [0.4, 0.5) is 5.69 Å². The Labute approximate surface area is 136 Å². The number of fused-ring (bicyclic) bond motifs is 1. The second kappa shape index (κ2) is 5.39. The van der Waals surface area contributed by atoms with Crippen LogP contribution >= 0.6 is 0 Å². The molecule has 0 aliphatic carbocycles. The number of aliphatic hydroxyl groups is 1. The minimum Gasteiger partial charge on any atom is -0.391 e. The Morgan fingerprint density at radius 1 is 1.04 bits per heavy atom. The Morgan fingerprint density at radius 3 is 2.48 bits per heavy atom. The van der Waals surface area contributed by atoms with E-state index in [1.807, 2.05) is 6.92 Å². The van der Waals surface area contributed by atoms with E-state index in [-0.39, 0.29) is 6.10 Å². The molecule has 1 aromatic carbocycles. The lowest BCUT2D eigenvalue weighted by atomic mass is 10.1. The van der Waals surface area contributed by atoms with Crippen molar-refractivity contribution in [2.75, 3.05) is 18.0 Å². The summed E-state index contributed by atoms with van der Waals surface area (Å²) in [5, 5.41) is 9.67. The Morgan fingerprint density at radius 2 is 1.78 bits per heavy atom. The summed E-state index contributed by atoms with van der Waals surface area (Å²) in [6.45, 7) is 5.81. The van der Waals surface area contributed by atoms with Crippen molar-refractivity contribution in [3.8, 4) is 11.1 Å². The van der Waals surface area contributed by atoms with Gasteiger partial charge in [0.15, 0.2) is 0 Å². The van der Waals surface area contributed by atoms with Gasteiger partial charge in [0, 0.05) is 30.7 Å². The van der Waals surface area contributed by atoms with Crippen LogP contribution in [-0.4, -0.2) is 33.7 Å². The lowest BCUT2D eigenvalue weighted by Gasteiger charge is -2.18. The van der Waals surface area contributed by atoms with Gasteiger partial charge in [-0.3, -0.25) is 0 Å². The van der Waals surface area contributed by atoms with Gasteiger partial charge in [-0.1, -0.05) is 12.1 Å². The first-order chi connectivity index (χ1) is 11.1. The average Bonchev–Trinajstić information content (AvgIpc) is 3.12. The van der Waals surface area contributed by atoms with E-state index in [2.05, 4.69) is 63.8 Å². The van der Waals surface area contributed by atoms with Crippen LogP contribution in [0.3, 0.4) is 0 Å². The van der Waals surface area contributed by atoms with Crippen molar-refractivity contribution >= 4 is 11.3 Å². The first-order valence-corrected chi connectivity index (χ1v) is 8.10. The second-order valence-electron chi connectivity index (χ2n) is 6.36. The molecule has 1 aliphatic rings. The molecule has 1 aliphatic heterocycles. The van der Waals surface area contributed by atoms with E-state index in [9.17, 15) is 5.11 Å². The van der Waals surface area contributed by atoms with E-state index in [1.165, 1.54) is 22.5 Å². The summed E-state index contributed by atoms with van der Waals surface area (Å²) < 4.78 is 2.15. The van der Waals surface area contributed by atoms with Gasteiger partial charge in [0.25, 0.3) is 0 Å². The van der Waals surface area contributed by atoms with Crippen molar-refractivity contribution in [1.29, 1.82) is 0 Å². The molecule has 0 amide bonds. The van der Waals surface area contributed by atoms with Crippen LogP contribution in [0.15, 0.2) is 42.6 Å². The molecule has 2 aromatic heterocycles. The number of aryl methyl sites for hydroxylation is 2. The van der Waals surface area contributed by atoms with Crippen LogP contribution in [0, 0.1) is 13.8 Å². The molecule has 1 unspecified atom stereocenters. The molecule has 1 saturated heterocycles. The molecule has 23 heavy (non-hydrogen) atoms. The summed E-state index contributed by atoms with van der Waals surface area (Å²) >= 11 is 0. The SMILES string of the molecule is Cc1nc2ccc(-c3ccc(N4CCC(O)C4)cc3)cn2c1C. The van der Waals surface area contributed by atoms with Gasteiger partial charge in [0.2, 0.25) is 0 Å². The predicted octanol–water partition coefficient (Wildman–Crippen LogP) is 3.19. The quantitative estimate of drug-likeness (QED) is 0.790. The summed E-state index contributed by atoms with van der Waals surface area (Å²) in [5.74, 6) is 0. The van der Waals surface area contributed by atoms with Crippen molar-refractivity contribution in [3.05, 3.63) is 54.0 Å². The fourth-order valence-corrected chi connectivity index (χ4v) is 3.29. The van der Waals surface area contributed by atoms with Crippen LogP contribution in [0.2, 0.25) is 0 Å². The third kappa shape index (κ3) is 2.49. The van der Waals surface area contributed by atoms with Crippen molar-refractivity contribution in [3.63, 3.8) is 0 Å². The average molecular weight is 307 g/mol. The number of rotatable bonds is 2. The highest BCUT2D eigenvalue weighted by Gasteiger charge is 2.20. The summed E-state index contributed by atoms with van der Waals surface area (Å²) in [4.78, 5) is 6.79. The van der Waals surface area contributed by atoms with Crippen LogP contribution in [-0.2, 0) is 0 Å². The normalized spacial score (nSPS) is 18.0. The summed E-state index contributed by atoms with van der Waals surface area (Å²) in [7, 11) is 0. The van der Waals surface area contributed by atoms with Crippen molar-refractivity contribution in [2.45, 2.75) is 26.4 Å². The molecule has 3 aromatic rings. The van der Waals surface area contributed by atoms with Crippen LogP contribution in [0.5, 0.6) is 0 Å². The van der Waals surface area contributed by atoms with E-state index < -0.39 is 0 Å². The molecular weight excluding hydrogens is 286 g/mol. The Balaban J connectivity index is 1.66. The number of aromatic nitrogens is 2. The van der Waals surface area contributed by atoms with Gasteiger partial charge >= 0.3 is 0 Å². The predicted molar refractivity (Wildman–Crippen MR) is 92.9 cm³/mol. The maximum atomic E-state index is 9.67.